The first-order chi connectivity index (χ1) is 9.19. The van der Waals surface area contributed by atoms with E-state index in [0.29, 0.717) is 19.5 Å². The summed E-state index contributed by atoms with van der Waals surface area (Å²) in [4.78, 5) is 20.9. The summed E-state index contributed by atoms with van der Waals surface area (Å²) >= 11 is 0. The average molecular weight is 259 g/mol. The third-order valence-corrected chi connectivity index (χ3v) is 3.21. The molecule has 0 spiro atoms. The molecule has 0 atom stereocenters. The minimum atomic E-state index is 0.279. The minimum Gasteiger partial charge on any atom is -0.468 e. The maximum absolute atomic E-state index is 11.7. The van der Waals surface area contributed by atoms with Crippen molar-refractivity contribution in [2.24, 2.45) is 0 Å². The van der Waals surface area contributed by atoms with E-state index in [-0.39, 0.29) is 5.78 Å². The van der Waals surface area contributed by atoms with Crippen molar-refractivity contribution in [3.8, 4) is 0 Å². The molecule has 0 saturated carbocycles. The lowest BCUT2D eigenvalue weighted by molar-refractivity contribution is -0.128. The van der Waals surface area contributed by atoms with Crippen LogP contribution in [0.4, 0.5) is 0 Å². The zero-order valence-corrected chi connectivity index (χ0v) is 11.2. The molecular formula is C15H17NO3. The lowest BCUT2D eigenvalue weighted by Gasteiger charge is -2.13. The molecule has 19 heavy (non-hydrogen) atoms. The highest BCUT2D eigenvalue weighted by atomic mass is 16.5. The molecular weight excluding hydrogens is 242 g/mol. The van der Waals surface area contributed by atoms with Gasteiger partial charge in [0.25, 0.3) is 6.47 Å². The van der Waals surface area contributed by atoms with Crippen molar-refractivity contribution >= 4 is 23.2 Å². The summed E-state index contributed by atoms with van der Waals surface area (Å²) in [5, 5.41) is 1.22. The van der Waals surface area contributed by atoms with Gasteiger partial charge in [0.1, 0.15) is 0 Å². The van der Waals surface area contributed by atoms with E-state index in [4.69, 9.17) is 0 Å². The summed E-state index contributed by atoms with van der Waals surface area (Å²) < 4.78 is 6.35. The van der Waals surface area contributed by atoms with Crippen LogP contribution in [0.25, 0.3) is 10.9 Å². The van der Waals surface area contributed by atoms with Crippen LogP contribution in [0.15, 0.2) is 24.4 Å². The van der Waals surface area contributed by atoms with Crippen LogP contribution in [-0.4, -0.2) is 23.4 Å². The van der Waals surface area contributed by atoms with Gasteiger partial charge in [-0.15, -0.1) is 0 Å². The van der Waals surface area contributed by atoms with Crippen molar-refractivity contribution in [3.63, 3.8) is 0 Å². The fraction of sp³-hybridized carbons (Fsp3) is 0.333. The molecule has 0 N–H and O–H groups in total. The highest BCUT2D eigenvalue weighted by Gasteiger charge is 2.19. The molecule has 1 aliphatic heterocycles. The number of rotatable bonds is 2. The molecule has 0 aliphatic carbocycles. The maximum Gasteiger partial charge on any atom is 0.293 e. The van der Waals surface area contributed by atoms with Crippen molar-refractivity contribution in [2.75, 3.05) is 6.61 Å². The molecule has 2 aromatic rings. The summed E-state index contributed by atoms with van der Waals surface area (Å²) in [7, 11) is 0. The molecule has 0 bridgehead atoms. The monoisotopic (exact) mass is 259 g/mol. The van der Waals surface area contributed by atoms with Crippen LogP contribution < -0.4 is 0 Å². The molecule has 3 rings (SSSR count). The lowest BCUT2D eigenvalue weighted by atomic mass is 10.0. The van der Waals surface area contributed by atoms with Crippen molar-refractivity contribution in [2.45, 2.75) is 26.8 Å². The van der Waals surface area contributed by atoms with Crippen LogP contribution in [0.5, 0.6) is 0 Å². The highest BCUT2D eigenvalue weighted by molar-refractivity contribution is 6.09. The number of aromatic nitrogens is 1. The Hall–Kier alpha value is -2.10. The third-order valence-electron chi connectivity index (χ3n) is 3.21. The van der Waals surface area contributed by atoms with Gasteiger partial charge in [-0.05, 0) is 25.5 Å². The number of hydrogen-bond acceptors (Lipinski definition) is 3. The van der Waals surface area contributed by atoms with E-state index in [1.807, 2.05) is 12.1 Å². The number of ether oxygens (including phenoxy) is 1. The second-order valence-corrected chi connectivity index (χ2v) is 4.43. The molecule has 0 unspecified atom stereocenters. The molecule has 0 radical (unpaired) electrons. The standard InChI is InChI=1S/C12H11NO.C3H6O2/c1-8-7-13-6-5-11(14)10-4-2-3-9(8)12(10)13;1-2-5-3-4/h2-4,7H,5-6H2,1H3;3H,2H2,1H3. The van der Waals surface area contributed by atoms with Gasteiger partial charge < -0.3 is 9.30 Å². The zero-order valence-electron chi connectivity index (χ0n) is 11.2. The Bertz CT molecular complexity index is 613. The van der Waals surface area contributed by atoms with Crippen LogP contribution in [0.2, 0.25) is 0 Å². The molecule has 2 heterocycles. The number of ketones is 1. The van der Waals surface area contributed by atoms with Crippen LogP contribution in [0.1, 0.15) is 29.3 Å². The Balaban J connectivity index is 0.000000232. The minimum absolute atomic E-state index is 0.279. The molecule has 0 amide bonds. The first-order valence-corrected chi connectivity index (χ1v) is 6.36. The average Bonchev–Trinajstić information content (AvgIpc) is 2.74. The number of carbonyl (C=O) groups excluding carboxylic acids is 2. The highest BCUT2D eigenvalue weighted by Crippen LogP contribution is 2.28. The summed E-state index contributed by atoms with van der Waals surface area (Å²) in [6.07, 6.45) is 2.78. The van der Waals surface area contributed by atoms with E-state index in [1.165, 1.54) is 10.9 Å². The Morgan fingerprint density at radius 2 is 2.21 bits per heavy atom. The third kappa shape index (κ3) is 2.52. The molecule has 4 heteroatoms. The maximum atomic E-state index is 11.7. The van der Waals surface area contributed by atoms with E-state index >= 15 is 0 Å². The second-order valence-electron chi connectivity index (χ2n) is 4.43. The quantitative estimate of drug-likeness (QED) is 0.779. The number of Topliss-reactive ketones (excluding diaryl/α,β-unsaturated/α-hetero) is 1. The number of para-hydroxylation sites is 1. The van der Waals surface area contributed by atoms with Gasteiger partial charge in [-0.25, -0.2) is 0 Å². The fourth-order valence-electron chi connectivity index (χ4n) is 2.37. The Kier molecular flexibility index (Phi) is 4.00. The van der Waals surface area contributed by atoms with Crippen LogP contribution in [0.3, 0.4) is 0 Å². The summed E-state index contributed by atoms with van der Waals surface area (Å²) in [6, 6.07) is 5.99. The Labute approximate surface area is 112 Å². The summed E-state index contributed by atoms with van der Waals surface area (Å²) in [5.41, 5.74) is 3.28. The predicted molar refractivity (Wildman–Crippen MR) is 73.3 cm³/mol. The van der Waals surface area contributed by atoms with Gasteiger partial charge in [-0.1, -0.05) is 12.1 Å². The molecule has 0 saturated heterocycles. The van der Waals surface area contributed by atoms with Crippen molar-refractivity contribution in [1.29, 1.82) is 0 Å². The van der Waals surface area contributed by atoms with Crippen LogP contribution in [0, 0.1) is 6.92 Å². The first kappa shape index (κ1) is 13.3. The van der Waals surface area contributed by atoms with E-state index < -0.39 is 0 Å². The SMILES string of the molecule is CCOC=O.Cc1cn2c3c(cccc13)C(=O)CC2. The van der Waals surface area contributed by atoms with Gasteiger partial charge in [0.05, 0.1) is 12.1 Å². The van der Waals surface area contributed by atoms with E-state index in [2.05, 4.69) is 28.5 Å². The van der Waals surface area contributed by atoms with Crippen molar-refractivity contribution in [3.05, 3.63) is 35.5 Å². The van der Waals surface area contributed by atoms with E-state index in [0.717, 1.165) is 17.6 Å². The second kappa shape index (κ2) is 5.69. The number of nitrogens with zero attached hydrogens (tertiary/aromatic N) is 1. The predicted octanol–water partition coefficient (Wildman–Crippen LogP) is 2.72. The zero-order chi connectivity index (χ0) is 13.8. The molecule has 1 aromatic carbocycles. The van der Waals surface area contributed by atoms with E-state index in [9.17, 15) is 9.59 Å². The normalized spacial score (nSPS) is 12.8. The van der Waals surface area contributed by atoms with Gasteiger partial charge in [-0.2, -0.15) is 0 Å². The number of benzene rings is 1. The molecule has 1 aromatic heterocycles. The van der Waals surface area contributed by atoms with Gasteiger partial charge in [0.15, 0.2) is 5.78 Å². The molecule has 100 valence electrons. The van der Waals surface area contributed by atoms with Crippen LogP contribution >= 0.6 is 0 Å². The molecule has 1 aliphatic rings. The van der Waals surface area contributed by atoms with Crippen molar-refractivity contribution in [1.82, 2.24) is 4.57 Å². The smallest absolute Gasteiger partial charge is 0.293 e. The van der Waals surface area contributed by atoms with Gasteiger partial charge in [0, 0.05) is 30.1 Å². The van der Waals surface area contributed by atoms with Gasteiger partial charge >= 0.3 is 0 Å². The van der Waals surface area contributed by atoms with Gasteiger partial charge in [-0.3, -0.25) is 9.59 Å². The molecule has 4 nitrogen and oxygen atoms in total. The fourth-order valence-corrected chi connectivity index (χ4v) is 2.37. The number of carbonyl (C=O) groups is 2. The largest absolute Gasteiger partial charge is 0.468 e. The number of hydrogen-bond donors (Lipinski definition) is 0. The molecule has 0 fully saturated rings. The van der Waals surface area contributed by atoms with E-state index in [1.54, 1.807) is 6.92 Å². The summed E-state index contributed by atoms with van der Waals surface area (Å²) in [5.74, 6) is 0.279. The lowest BCUT2D eigenvalue weighted by Crippen LogP contribution is -2.13. The van der Waals surface area contributed by atoms with Crippen molar-refractivity contribution < 1.29 is 14.3 Å². The Morgan fingerprint density at radius 1 is 1.42 bits per heavy atom. The number of aryl methyl sites for hydroxylation is 2. The summed E-state index contributed by atoms with van der Waals surface area (Å²) in [6.45, 7) is 5.59. The first-order valence-electron chi connectivity index (χ1n) is 6.36. The van der Waals surface area contributed by atoms with Gasteiger partial charge in [0.2, 0.25) is 0 Å². The Morgan fingerprint density at radius 3 is 2.84 bits per heavy atom. The van der Waals surface area contributed by atoms with Crippen LogP contribution in [-0.2, 0) is 16.1 Å². The topological polar surface area (TPSA) is 48.3 Å².